The molecule has 0 radical (unpaired) electrons. The number of aryl methyl sites for hydroxylation is 1. The summed E-state index contributed by atoms with van der Waals surface area (Å²) in [6.45, 7) is 5.52. The number of nitrogens with zero attached hydrogens (tertiary/aromatic N) is 3. The smallest absolute Gasteiger partial charge is 0.248 e. The van der Waals surface area contributed by atoms with Crippen LogP contribution in [0.15, 0.2) is 24.3 Å². The quantitative estimate of drug-likeness (QED) is 0.407. The molecule has 0 aliphatic carbocycles. The van der Waals surface area contributed by atoms with Crippen molar-refractivity contribution in [3.05, 3.63) is 41.0 Å². The minimum Gasteiger partial charge on any atom is -0.378 e. The van der Waals surface area contributed by atoms with Crippen molar-refractivity contribution >= 4 is 23.3 Å². The van der Waals surface area contributed by atoms with Crippen LogP contribution in [0.1, 0.15) is 36.0 Å². The first-order chi connectivity index (χ1) is 17.4. The molecule has 2 fully saturated rings. The highest BCUT2D eigenvalue weighted by Crippen LogP contribution is 2.29. The minimum atomic E-state index is -0.773. The van der Waals surface area contributed by atoms with Crippen LogP contribution < -0.4 is 10.8 Å². The topological polar surface area (TPSA) is 135 Å². The maximum atomic E-state index is 13.4. The van der Waals surface area contributed by atoms with Crippen LogP contribution in [-0.2, 0) is 19.1 Å². The Bertz CT molecular complexity index is 1070. The van der Waals surface area contributed by atoms with Crippen molar-refractivity contribution in [2.24, 2.45) is 11.8 Å². The molecule has 2 saturated heterocycles. The summed E-state index contributed by atoms with van der Waals surface area (Å²) in [5, 5.41) is 21.6. The molecule has 0 aromatic heterocycles. The molecular weight excluding hydrogens is 462 g/mol. The Morgan fingerprint density at radius 3 is 2.64 bits per heavy atom. The van der Waals surface area contributed by atoms with E-state index in [1.54, 1.807) is 21.3 Å². The summed E-state index contributed by atoms with van der Waals surface area (Å²) in [4.78, 5) is 42.1. The lowest BCUT2D eigenvalue weighted by atomic mass is 9.81. The molecule has 3 aliphatic rings. The second kappa shape index (κ2) is 11.6. The van der Waals surface area contributed by atoms with E-state index >= 15 is 0 Å². The fourth-order valence-corrected chi connectivity index (χ4v) is 5.36. The van der Waals surface area contributed by atoms with Crippen LogP contribution in [-0.4, -0.2) is 84.7 Å². The number of morpholine rings is 1. The van der Waals surface area contributed by atoms with Crippen molar-refractivity contribution in [3.8, 4) is 6.07 Å². The van der Waals surface area contributed by atoms with Crippen LogP contribution in [0.3, 0.4) is 0 Å². The van der Waals surface area contributed by atoms with E-state index in [9.17, 15) is 19.6 Å². The maximum Gasteiger partial charge on any atom is 0.248 e. The van der Waals surface area contributed by atoms with E-state index in [2.05, 4.69) is 11.4 Å². The van der Waals surface area contributed by atoms with Gasteiger partial charge in [0.2, 0.25) is 17.7 Å². The number of amides is 3. The van der Waals surface area contributed by atoms with Crippen LogP contribution >= 0.6 is 0 Å². The van der Waals surface area contributed by atoms with Gasteiger partial charge in [-0.2, -0.15) is 5.26 Å². The largest absolute Gasteiger partial charge is 0.378 e. The summed E-state index contributed by atoms with van der Waals surface area (Å²) >= 11 is 0. The van der Waals surface area contributed by atoms with Crippen molar-refractivity contribution in [2.45, 2.75) is 32.2 Å². The molecule has 3 amide bonds. The van der Waals surface area contributed by atoms with E-state index in [-0.39, 0.29) is 24.2 Å². The van der Waals surface area contributed by atoms with Crippen molar-refractivity contribution in [2.75, 3.05) is 45.9 Å². The zero-order chi connectivity index (χ0) is 25.7. The highest BCUT2D eigenvalue weighted by atomic mass is 16.5. The molecule has 0 spiro atoms. The van der Waals surface area contributed by atoms with Gasteiger partial charge in [0, 0.05) is 32.6 Å². The number of benzene rings is 1. The number of carbonyl (C=O) groups is 3. The Hall–Kier alpha value is -3.26. The summed E-state index contributed by atoms with van der Waals surface area (Å²) in [6, 6.07) is 6.98. The van der Waals surface area contributed by atoms with Crippen LogP contribution in [0.25, 0.3) is 5.57 Å². The number of nitriles is 1. The van der Waals surface area contributed by atoms with Gasteiger partial charge in [0.15, 0.2) is 0 Å². The van der Waals surface area contributed by atoms with Gasteiger partial charge >= 0.3 is 0 Å². The lowest BCUT2D eigenvalue weighted by Crippen LogP contribution is -2.59. The third kappa shape index (κ3) is 5.75. The SMILES string of the molecule is Cc1cc(C#N)ccc1C1=CCN(C(=O)[C@H]2NCC(CC(=O)N3CCOCC3)C[C@@H]2C(=O)NO)CC1. The fraction of sp³-hybridized carbons (Fsp3) is 0.538. The second-order valence-corrected chi connectivity index (χ2v) is 9.67. The molecule has 0 bridgehead atoms. The highest BCUT2D eigenvalue weighted by Gasteiger charge is 2.41. The highest BCUT2D eigenvalue weighted by molar-refractivity contribution is 5.90. The number of hydroxylamine groups is 1. The molecule has 3 atom stereocenters. The first kappa shape index (κ1) is 25.8. The molecule has 1 unspecified atom stereocenters. The molecule has 3 N–H and O–H groups in total. The molecule has 0 saturated carbocycles. The van der Waals surface area contributed by atoms with Gasteiger partial charge in [-0.05, 0) is 61.1 Å². The molecule has 1 aromatic rings. The van der Waals surface area contributed by atoms with Crippen LogP contribution in [0.5, 0.6) is 0 Å². The summed E-state index contributed by atoms with van der Waals surface area (Å²) in [6.07, 6.45) is 3.30. The Kier molecular flexibility index (Phi) is 8.36. The Labute approximate surface area is 210 Å². The van der Waals surface area contributed by atoms with Gasteiger partial charge < -0.3 is 19.9 Å². The zero-order valence-corrected chi connectivity index (χ0v) is 20.5. The molecule has 3 aliphatic heterocycles. The van der Waals surface area contributed by atoms with Crippen molar-refractivity contribution in [1.82, 2.24) is 20.6 Å². The van der Waals surface area contributed by atoms with Gasteiger partial charge in [-0.25, -0.2) is 5.48 Å². The summed E-state index contributed by atoms with van der Waals surface area (Å²) < 4.78 is 5.30. The molecule has 3 heterocycles. The predicted octanol–water partition coefficient (Wildman–Crippen LogP) is 0.831. The Balaban J connectivity index is 1.39. The molecule has 10 heteroatoms. The molecular formula is C26H33N5O5. The van der Waals surface area contributed by atoms with Crippen LogP contribution in [0, 0.1) is 30.1 Å². The van der Waals surface area contributed by atoms with E-state index in [0.29, 0.717) is 64.3 Å². The van der Waals surface area contributed by atoms with Gasteiger partial charge in [-0.15, -0.1) is 0 Å². The summed E-state index contributed by atoms with van der Waals surface area (Å²) in [5.41, 5.74) is 5.54. The third-order valence-electron chi connectivity index (χ3n) is 7.38. The lowest BCUT2D eigenvalue weighted by molar-refractivity contribution is -0.145. The summed E-state index contributed by atoms with van der Waals surface area (Å²) in [5.74, 6) is -1.67. The Morgan fingerprint density at radius 1 is 1.22 bits per heavy atom. The van der Waals surface area contributed by atoms with Crippen molar-refractivity contribution in [3.63, 3.8) is 0 Å². The van der Waals surface area contributed by atoms with E-state index in [4.69, 9.17) is 10.00 Å². The van der Waals surface area contributed by atoms with Crippen molar-refractivity contribution < 1.29 is 24.3 Å². The average molecular weight is 496 g/mol. The van der Waals surface area contributed by atoms with E-state index in [1.165, 1.54) is 0 Å². The van der Waals surface area contributed by atoms with Gasteiger partial charge in [-0.3, -0.25) is 19.6 Å². The van der Waals surface area contributed by atoms with Crippen molar-refractivity contribution in [1.29, 1.82) is 5.26 Å². The van der Waals surface area contributed by atoms with E-state index in [1.807, 2.05) is 25.1 Å². The molecule has 36 heavy (non-hydrogen) atoms. The average Bonchev–Trinajstić information content (AvgIpc) is 2.92. The van der Waals surface area contributed by atoms with Gasteiger partial charge in [-0.1, -0.05) is 12.1 Å². The number of nitrogens with one attached hydrogen (secondary N) is 2. The summed E-state index contributed by atoms with van der Waals surface area (Å²) in [7, 11) is 0. The standard InChI is InChI=1S/C26H33N5O5/c1-17-12-18(15-27)2-3-21(17)20-4-6-31(7-5-20)26(34)24-22(25(33)29-35)13-19(16-28-24)14-23(32)30-8-10-36-11-9-30/h2-4,12,19,22,24,28,35H,5-11,13-14,16H2,1H3,(H,29,33)/t19?,22-,24-/m0/s1. The molecule has 4 rings (SSSR count). The number of hydrogen-bond acceptors (Lipinski definition) is 7. The predicted molar refractivity (Wildman–Crippen MR) is 130 cm³/mol. The molecule has 1 aromatic carbocycles. The number of carbonyl (C=O) groups excluding carboxylic acids is 3. The van der Waals surface area contributed by atoms with Gasteiger partial charge in [0.25, 0.3) is 0 Å². The third-order valence-corrected chi connectivity index (χ3v) is 7.38. The minimum absolute atomic E-state index is 0.0184. The first-order valence-electron chi connectivity index (χ1n) is 12.4. The fourth-order valence-electron chi connectivity index (χ4n) is 5.36. The van der Waals surface area contributed by atoms with Gasteiger partial charge in [0.1, 0.15) is 0 Å². The first-order valence-corrected chi connectivity index (χ1v) is 12.4. The van der Waals surface area contributed by atoms with Crippen LogP contribution in [0.2, 0.25) is 0 Å². The molecule has 192 valence electrons. The number of rotatable bonds is 5. The number of ether oxygens (including phenoxy) is 1. The lowest BCUT2D eigenvalue weighted by Gasteiger charge is -2.39. The normalized spacial score (nSPS) is 24.5. The van der Waals surface area contributed by atoms with Gasteiger partial charge in [0.05, 0.1) is 36.8 Å². The van der Waals surface area contributed by atoms with E-state index < -0.39 is 17.9 Å². The van der Waals surface area contributed by atoms with E-state index in [0.717, 1.165) is 16.7 Å². The second-order valence-electron chi connectivity index (χ2n) is 9.67. The maximum absolute atomic E-state index is 13.4. The Morgan fingerprint density at radius 2 is 2.00 bits per heavy atom. The number of hydrogen-bond donors (Lipinski definition) is 3. The monoisotopic (exact) mass is 495 g/mol. The zero-order valence-electron chi connectivity index (χ0n) is 20.5. The van der Waals surface area contributed by atoms with Crippen LogP contribution in [0.4, 0.5) is 0 Å². The number of piperidine rings is 1. The molecule has 10 nitrogen and oxygen atoms in total.